The fourth-order valence-corrected chi connectivity index (χ4v) is 2.10. The Morgan fingerprint density at radius 2 is 0.750 bits per heavy atom. The van der Waals surface area contributed by atoms with Gasteiger partial charge in [0.15, 0.2) is 0 Å². The summed E-state index contributed by atoms with van der Waals surface area (Å²) < 4.78 is 0. The van der Waals surface area contributed by atoms with Crippen molar-refractivity contribution in [2.75, 3.05) is 40.3 Å². The molecule has 0 amide bonds. The van der Waals surface area contributed by atoms with Gasteiger partial charge in [-0.15, -0.1) is 5.28 Å². The topological polar surface area (TPSA) is 6.48 Å². The molecule has 0 aromatic carbocycles. The SMILES string of the molecule is CCCC.CCCC.CN1CCCCC1.CN1CCCCC1.C[CH2][AlH+].C[CH2][Al]. The molecule has 2 aliphatic rings. The number of nitrogens with zero attached hydrogens (tertiary/aromatic N) is 2. The van der Waals surface area contributed by atoms with Crippen LogP contribution in [0.2, 0.25) is 10.6 Å². The summed E-state index contributed by atoms with van der Waals surface area (Å²) in [6.07, 6.45) is 13.8. The molecule has 0 aliphatic carbocycles. The van der Waals surface area contributed by atoms with Crippen LogP contribution in [0.15, 0.2) is 0 Å². The number of hydrogen-bond acceptors (Lipinski definition) is 2. The summed E-state index contributed by atoms with van der Waals surface area (Å²) in [5.41, 5.74) is 0. The van der Waals surface area contributed by atoms with Gasteiger partial charge in [0.2, 0.25) is 0 Å². The van der Waals surface area contributed by atoms with Crippen molar-refractivity contribution in [3.8, 4) is 0 Å². The molecule has 0 atom stereocenters. The summed E-state index contributed by atoms with van der Waals surface area (Å²) in [6, 6.07) is 0. The van der Waals surface area contributed by atoms with E-state index in [1.165, 1.54) is 101 Å². The smallest absolute Gasteiger partial charge is 0.117 e. The molecule has 0 aromatic rings. The maximum Gasteiger partial charge on any atom is 0.117 e. The Bertz CT molecular complexity index is 179. The first-order valence-electron chi connectivity index (χ1n) is 12.3. The van der Waals surface area contributed by atoms with Gasteiger partial charge in [0, 0.05) is 0 Å². The Labute approximate surface area is 198 Å². The molecular weight excluding hydrogens is 370 g/mol. The molecule has 28 heavy (non-hydrogen) atoms. The van der Waals surface area contributed by atoms with E-state index in [0.717, 1.165) is 0 Å². The van der Waals surface area contributed by atoms with Gasteiger partial charge in [0.25, 0.3) is 0 Å². The zero-order chi connectivity index (χ0) is 22.5. The number of hydrogen-bond donors (Lipinski definition) is 0. The quantitative estimate of drug-likeness (QED) is 0.450. The number of likely N-dealkylation sites (tertiary alicyclic amines) is 2. The molecule has 2 nitrogen and oxygen atoms in total. The van der Waals surface area contributed by atoms with Crippen LogP contribution in [0.5, 0.6) is 0 Å². The molecule has 0 N–H and O–H groups in total. The molecule has 2 fully saturated rings. The Hall–Kier alpha value is 0.985. The molecule has 0 unspecified atom stereocenters. The van der Waals surface area contributed by atoms with Gasteiger partial charge >= 0.3 is 28.5 Å². The van der Waals surface area contributed by atoms with Crippen LogP contribution in [0, 0.1) is 0 Å². The van der Waals surface area contributed by atoms with Crippen LogP contribution in [0.1, 0.15) is 106 Å². The molecule has 2 radical (unpaired) electrons. The van der Waals surface area contributed by atoms with E-state index in [-0.39, 0.29) is 0 Å². The molecule has 0 aromatic heterocycles. The van der Waals surface area contributed by atoms with E-state index < -0.39 is 0 Å². The van der Waals surface area contributed by atoms with Crippen LogP contribution in [-0.2, 0) is 0 Å². The molecule has 168 valence electrons. The van der Waals surface area contributed by atoms with E-state index in [1.54, 1.807) is 0 Å². The van der Waals surface area contributed by atoms with Gasteiger partial charge in [-0.3, -0.25) is 0 Å². The maximum absolute atomic E-state index is 2.58. The Morgan fingerprint density at radius 1 is 0.571 bits per heavy atom. The van der Waals surface area contributed by atoms with Gasteiger partial charge in [-0.05, 0) is 66.0 Å². The third kappa shape index (κ3) is 50.6. The third-order valence-corrected chi connectivity index (χ3v) is 4.16. The van der Waals surface area contributed by atoms with Crippen LogP contribution >= 0.6 is 0 Å². The van der Waals surface area contributed by atoms with Gasteiger partial charge in [-0.25, -0.2) is 0 Å². The fourth-order valence-electron chi connectivity index (χ4n) is 2.10. The number of unbranched alkanes of at least 4 members (excludes halogenated alkanes) is 2. The summed E-state index contributed by atoms with van der Waals surface area (Å²) >= 11 is 4.55. The summed E-state index contributed by atoms with van der Waals surface area (Å²) in [5.74, 6) is 0. The first-order valence-corrected chi connectivity index (χ1v) is 14.1. The van der Waals surface area contributed by atoms with Gasteiger partial charge in [0.1, 0.15) is 16.3 Å². The monoisotopic (exact) mass is 427 g/mol. The molecule has 0 bridgehead atoms. The molecule has 2 saturated heterocycles. The van der Waals surface area contributed by atoms with Crippen LogP contribution in [0.4, 0.5) is 0 Å². The van der Waals surface area contributed by atoms with Crippen molar-refractivity contribution in [2.24, 2.45) is 0 Å². The molecular formula is C24H57Al2N2+. The number of rotatable bonds is 2. The van der Waals surface area contributed by atoms with E-state index in [2.05, 4.69) is 81.7 Å². The molecule has 2 aliphatic heterocycles. The maximum atomic E-state index is 2.58. The fraction of sp³-hybridized carbons (Fsp3) is 1.00. The second kappa shape index (κ2) is 38.6. The standard InChI is InChI=1S/2C6H13N.2C4H10.2C2H5.2Al.H/c2*1-7-5-3-2-4-6-7;2*1-3-4-2;2*1-2;;;/h2*2-6H2,1H3;2*3-4H2,1-2H3;2*1H2,2H3;;;/q;;;;;;;+1;. The minimum Gasteiger partial charge on any atom is -0.120 e. The van der Waals surface area contributed by atoms with Crippen LogP contribution in [-0.4, -0.2) is 82.7 Å². The molecule has 2 heterocycles. The summed E-state index contributed by atoms with van der Waals surface area (Å²) in [6.45, 7) is 18.2. The van der Waals surface area contributed by atoms with Crippen molar-refractivity contribution in [2.45, 2.75) is 116 Å². The van der Waals surface area contributed by atoms with Crippen molar-refractivity contribution < 1.29 is 0 Å². The predicted molar refractivity (Wildman–Crippen MR) is 138 cm³/mol. The molecule has 0 saturated carbocycles. The van der Waals surface area contributed by atoms with E-state index in [9.17, 15) is 0 Å². The third-order valence-electron chi connectivity index (χ3n) is 4.16. The van der Waals surface area contributed by atoms with Crippen molar-refractivity contribution in [1.82, 2.24) is 9.80 Å². The van der Waals surface area contributed by atoms with Crippen LogP contribution in [0.25, 0.3) is 0 Å². The van der Waals surface area contributed by atoms with Gasteiger partial charge in [-0.2, -0.15) is 0 Å². The van der Waals surface area contributed by atoms with Crippen molar-refractivity contribution in [3.05, 3.63) is 0 Å². The Kier molecular flexibility index (Phi) is 50.1. The van der Waals surface area contributed by atoms with Crippen molar-refractivity contribution in [1.29, 1.82) is 0 Å². The zero-order valence-electron chi connectivity index (χ0n) is 21.5. The van der Waals surface area contributed by atoms with E-state index in [1.807, 2.05) is 16.3 Å². The minimum atomic E-state index is 1.17. The van der Waals surface area contributed by atoms with Crippen LogP contribution < -0.4 is 0 Å². The van der Waals surface area contributed by atoms with E-state index >= 15 is 0 Å². The average Bonchev–Trinajstić information content (AvgIpc) is 2.71. The first kappa shape index (κ1) is 36.4. The van der Waals surface area contributed by atoms with Gasteiger partial charge < -0.3 is 9.80 Å². The Morgan fingerprint density at radius 3 is 0.821 bits per heavy atom. The second-order valence-electron chi connectivity index (χ2n) is 7.64. The van der Waals surface area contributed by atoms with Gasteiger partial charge in [0.05, 0.1) is 0 Å². The average molecular weight is 428 g/mol. The van der Waals surface area contributed by atoms with Crippen LogP contribution in [0.3, 0.4) is 0 Å². The Balaban J connectivity index is -0.000000129. The minimum absolute atomic E-state index is 1.17. The summed E-state index contributed by atoms with van der Waals surface area (Å²) in [4.78, 5) is 4.78. The number of piperidine rings is 2. The van der Waals surface area contributed by atoms with Crippen molar-refractivity contribution >= 4 is 32.6 Å². The van der Waals surface area contributed by atoms with Gasteiger partial charge in [-0.1, -0.05) is 73.1 Å². The van der Waals surface area contributed by atoms with E-state index in [4.69, 9.17) is 0 Å². The summed E-state index contributed by atoms with van der Waals surface area (Å²) in [7, 11) is 4.39. The predicted octanol–water partition coefficient (Wildman–Crippen LogP) is 6.74. The summed E-state index contributed by atoms with van der Waals surface area (Å²) in [5, 5.41) is 2.44. The molecule has 2 rings (SSSR count). The zero-order valence-corrected chi connectivity index (χ0v) is 24.1. The molecule has 0 spiro atoms. The first-order chi connectivity index (χ1) is 13.4. The second-order valence-corrected chi connectivity index (χ2v) is 9.45. The van der Waals surface area contributed by atoms with Crippen molar-refractivity contribution in [3.63, 3.8) is 0 Å². The normalized spacial score (nSPS) is 16.0. The largest absolute Gasteiger partial charge is 0.120 e. The molecule has 4 heteroatoms. The van der Waals surface area contributed by atoms with E-state index in [0.29, 0.717) is 0 Å².